The number of ether oxygens (including phenoxy) is 2. The first-order chi connectivity index (χ1) is 13.6. The van der Waals surface area contributed by atoms with Gasteiger partial charge >= 0.3 is 0 Å². The second-order valence-electron chi connectivity index (χ2n) is 6.54. The summed E-state index contributed by atoms with van der Waals surface area (Å²) in [6.07, 6.45) is 4.58. The highest BCUT2D eigenvalue weighted by atomic mass is 16.5. The van der Waals surface area contributed by atoms with Crippen LogP contribution < -0.4 is 20.3 Å². The van der Waals surface area contributed by atoms with Crippen molar-refractivity contribution < 1.29 is 19.1 Å². The number of hydrogen-bond acceptors (Lipinski definition) is 4. The maximum atomic E-state index is 12.1. The molecule has 0 aliphatic rings. The van der Waals surface area contributed by atoms with Gasteiger partial charge in [-0.1, -0.05) is 43.9 Å². The molecule has 0 aliphatic heterocycles. The monoisotopic (exact) mass is 384 g/mol. The van der Waals surface area contributed by atoms with E-state index in [2.05, 4.69) is 17.8 Å². The first-order valence-corrected chi connectivity index (χ1v) is 9.60. The van der Waals surface area contributed by atoms with Crippen molar-refractivity contribution in [2.24, 2.45) is 0 Å². The van der Waals surface area contributed by atoms with Crippen molar-refractivity contribution in [3.8, 4) is 11.5 Å². The first-order valence-electron chi connectivity index (χ1n) is 9.60. The van der Waals surface area contributed by atoms with Gasteiger partial charge < -0.3 is 9.47 Å². The molecule has 0 saturated heterocycles. The Bertz CT molecular complexity index is 742. The lowest BCUT2D eigenvalue weighted by atomic mass is 10.2. The summed E-state index contributed by atoms with van der Waals surface area (Å²) in [6, 6.07) is 14.2. The second kappa shape index (κ2) is 11.6. The van der Waals surface area contributed by atoms with Crippen LogP contribution in [-0.4, -0.2) is 25.0 Å². The normalized spacial score (nSPS) is 10.2. The molecule has 0 radical (unpaired) electrons. The minimum Gasteiger partial charge on any atom is -0.494 e. The summed E-state index contributed by atoms with van der Waals surface area (Å²) in [4.78, 5) is 23.9. The van der Waals surface area contributed by atoms with E-state index in [1.54, 1.807) is 36.4 Å². The standard InChI is InChI=1S/C22H28N2O4/c1-3-4-5-6-15-27-19-13-9-18(10-14-19)22(26)24-23-21(25)16-28-20-11-7-17(2)8-12-20/h7-14H,3-6,15-16H2,1-2H3,(H,23,25)(H,24,26). The van der Waals surface area contributed by atoms with E-state index in [1.165, 1.54) is 12.8 Å². The van der Waals surface area contributed by atoms with Gasteiger partial charge in [0.15, 0.2) is 6.61 Å². The van der Waals surface area contributed by atoms with Crippen molar-refractivity contribution in [2.75, 3.05) is 13.2 Å². The van der Waals surface area contributed by atoms with Crippen LogP contribution >= 0.6 is 0 Å². The topological polar surface area (TPSA) is 76.7 Å². The van der Waals surface area contributed by atoms with Crippen molar-refractivity contribution >= 4 is 11.8 Å². The van der Waals surface area contributed by atoms with Gasteiger partial charge in [0.2, 0.25) is 0 Å². The molecule has 0 spiro atoms. The number of carbonyl (C=O) groups excluding carboxylic acids is 2. The number of amides is 2. The van der Waals surface area contributed by atoms with Crippen molar-refractivity contribution in [2.45, 2.75) is 39.5 Å². The molecule has 0 atom stereocenters. The molecule has 0 bridgehead atoms. The molecule has 6 nitrogen and oxygen atoms in total. The molecule has 2 aromatic carbocycles. The van der Waals surface area contributed by atoms with Crippen LogP contribution in [0.4, 0.5) is 0 Å². The SMILES string of the molecule is CCCCCCOc1ccc(C(=O)NNC(=O)COc2ccc(C)cc2)cc1. The smallest absolute Gasteiger partial charge is 0.276 e. The molecule has 2 N–H and O–H groups in total. The van der Waals surface area contributed by atoms with Crippen molar-refractivity contribution in [1.82, 2.24) is 10.9 Å². The largest absolute Gasteiger partial charge is 0.494 e. The van der Waals surface area contributed by atoms with Gasteiger partial charge in [-0.05, 0) is 49.7 Å². The van der Waals surface area contributed by atoms with Crippen molar-refractivity contribution in [3.63, 3.8) is 0 Å². The summed E-state index contributed by atoms with van der Waals surface area (Å²) < 4.78 is 11.0. The molecule has 2 rings (SSSR count). The summed E-state index contributed by atoms with van der Waals surface area (Å²) in [6.45, 7) is 4.62. The van der Waals surface area contributed by atoms with E-state index in [4.69, 9.17) is 9.47 Å². The number of unbranched alkanes of at least 4 members (excludes halogenated alkanes) is 3. The lowest BCUT2D eigenvalue weighted by Gasteiger charge is -2.10. The van der Waals surface area contributed by atoms with Crippen LogP contribution in [0.15, 0.2) is 48.5 Å². The molecular weight excluding hydrogens is 356 g/mol. The Labute approximate surface area is 166 Å². The Kier molecular flexibility index (Phi) is 8.85. The summed E-state index contributed by atoms with van der Waals surface area (Å²) in [5, 5.41) is 0. The fourth-order valence-electron chi connectivity index (χ4n) is 2.44. The summed E-state index contributed by atoms with van der Waals surface area (Å²) in [5.74, 6) is 0.472. The second-order valence-corrected chi connectivity index (χ2v) is 6.54. The molecule has 6 heteroatoms. The van der Waals surface area contributed by atoms with Crippen LogP contribution in [0.5, 0.6) is 11.5 Å². The zero-order valence-electron chi connectivity index (χ0n) is 16.5. The predicted molar refractivity (Wildman–Crippen MR) is 108 cm³/mol. The van der Waals surface area contributed by atoms with Crippen LogP contribution in [0.2, 0.25) is 0 Å². The molecule has 2 amide bonds. The molecule has 0 saturated carbocycles. The molecule has 0 aliphatic carbocycles. The van der Waals surface area contributed by atoms with Crippen LogP contribution in [0, 0.1) is 6.92 Å². The molecule has 0 heterocycles. The number of aryl methyl sites for hydroxylation is 1. The molecule has 0 fully saturated rings. The van der Waals surface area contributed by atoms with E-state index >= 15 is 0 Å². The molecule has 28 heavy (non-hydrogen) atoms. The highest BCUT2D eigenvalue weighted by Crippen LogP contribution is 2.13. The number of hydrogen-bond donors (Lipinski definition) is 2. The average molecular weight is 384 g/mol. The third-order valence-electron chi connectivity index (χ3n) is 4.09. The number of hydrazine groups is 1. The Morgan fingerprint density at radius 2 is 1.46 bits per heavy atom. The number of benzene rings is 2. The summed E-state index contributed by atoms with van der Waals surface area (Å²) >= 11 is 0. The zero-order chi connectivity index (χ0) is 20.2. The fraction of sp³-hybridized carbons (Fsp3) is 0.364. The van der Waals surface area contributed by atoms with Crippen LogP contribution in [0.25, 0.3) is 0 Å². The van der Waals surface area contributed by atoms with Crippen molar-refractivity contribution in [1.29, 1.82) is 0 Å². The van der Waals surface area contributed by atoms with Crippen LogP contribution in [0.1, 0.15) is 48.5 Å². The highest BCUT2D eigenvalue weighted by Gasteiger charge is 2.08. The Morgan fingerprint density at radius 1 is 0.821 bits per heavy atom. The molecule has 2 aromatic rings. The maximum Gasteiger partial charge on any atom is 0.276 e. The van der Waals surface area contributed by atoms with E-state index < -0.39 is 11.8 Å². The zero-order valence-corrected chi connectivity index (χ0v) is 16.5. The van der Waals surface area contributed by atoms with E-state index in [9.17, 15) is 9.59 Å². The van der Waals surface area contributed by atoms with Gasteiger partial charge in [-0.25, -0.2) is 0 Å². The summed E-state index contributed by atoms with van der Waals surface area (Å²) in [5.41, 5.74) is 6.24. The predicted octanol–water partition coefficient (Wildman–Crippen LogP) is 3.79. The average Bonchev–Trinajstić information content (AvgIpc) is 2.72. The van der Waals surface area contributed by atoms with Crippen LogP contribution in [0.3, 0.4) is 0 Å². The Balaban J connectivity index is 1.68. The van der Waals surface area contributed by atoms with Crippen molar-refractivity contribution in [3.05, 3.63) is 59.7 Å². The Morgan fingerprint density at radius 3 is 2.14 bits per heavy atom. The van der Waals surface area contributed by atoms with E-state index in [0.717, 1.165) is 24.2 Å². The minimum atomic E-state index is -0.444. The van der Waals surface area contributed by atoms with Gasteiger partial charge in [0, 0.05) is 5.56 Å². The van der Waals surface area contributed by atoms with E-state index in [1.807, 2.05) is 19.1 Å². The minimum absolute atomic E-state index is 0.186. The van der Waals surface area contributed by atoms with Gasteiger partial charge in [0.25, 0.3) is 11.8 Å². The number of rotatable bonds is 10. The molecule has 0 aromatic heterocycles. The first kappa shape index (κ1) is 21.3. The third-order valence-corrected chi connectivity index (χ3v) is 4.09. The van der Waals surface area contributed by atoms with Gasteiger partial charge in [0.05, 0.1) is 6.61 Å². The van der Waals surface area contributed by atoms with Gasteiger partial charge in [-0.15, -0.1) is 0 Å². The van der Waals surface area contributed by atoms with Gasteiger partial charge in [-0.3, -0.25) is 20.4 Å². The quantitative estimate of drug-likeness (QED) is 0.483. The highest BCUT2D eigenvalue weighted by molar-refractivity contribution is 5.95. The molecule has 150 valence electrons. The number of carbonyl (C=O) groups is 2. The lowest BCUT2D eigenvalue weighted by molar-refractivity contribution is -0.123. The molecule has 0 unspecified atom stereocenters. The van der Waals surface area contributed by atoms with Crippen LogP contribution in [-0.2, 0) is 4.79 Å². The Hall–Kier alpha value is -3.02. The van der Waals surface area contributed by atoms with E-state index in [-0.39, 0.29) is 6.61 Å². The summed E-state index contributed by atoms with van der Waals surface area (Å²) in [7, 11) is 0. The van der Waals surface area contributed by atoms with Gasteiger partial charge in [-0.2, -0.15) is 0 Å². The molecular formula is C22H28N2O4. The fourth-order valence-corrected chi connectivity index (χ4v) is 2.44. The van der Waals surface area contributed by atoms with Gasteiger partial charge in [0.1, 0.15) is 11.5 Å². The maximum absolute atomic E-state index is 12.1. The third kappa shape index (κ3) is 7.70. The van der Waals surface area contributed by atoms with E-state index in [0.29, 0.717) is 17.9 Å². The lowest BCUT2D eigenvalue weighted by Crippen LogP contribution is -2.43. The number of nitrogens with one attached hydrogen (secondary N) is 2.